The molecule has 0 spiro atoms. The van der Waals surface area contributed by atoms with Gasteiger partial charge in [0.2, 0.25) is 5.91 Å². The lowest BCUT2D eigenvalue weighted by atomic mass is 10.0. The number of allylic oxidation sites excluding steroid dienone is 6. The summed E-state index contributed by atoms with van der Waals surface area (Å²) in [4.78, 5) is 24.6. The first-order valence-corrected chi connectivity index (χ1v) is 36.7. The summed E-state index contributed by atoms with van der Waals surface area (Å²) < 4.78 is 5.46. The molecule has 0 fully saturated rings. The van der Waals surface area contributed by atoms with Crippen LogP contribution in [-0.4, -0.2) is 47.4 Å². The van der Waals surface area contributed by atoms with Crippen LogP contribution in [0.3, 0.4) is 0 Å². The van der Waals surface area contributed by atoms with Crippen molar-refractivity contribution in [2.75, 3.05) is 13.2 Å². The Bertz CT molecular complexity index is 1310. The van der Waals surface area contributed by atoms with Gasteiger partial charge in [0.1, 0.15) is 0 Å². The molecular weight excluding hydrogens is 995 g/mol. The maximum absolute atomic E-state index is 12.6. The Morgan fingerprint density at radius 1 is 0.346 bits per heavy atom. The van der Waals surface area contributed by atoms with Gasteiger partial charge in [-0.25, -0.2) is 0 Å². The van der Waals surface area contributed by atoms with Crippen LogP contribution in [0, 0.1) is 0 Å². The van der Waals surface area contributed by atoms with Gasteiger partial charge in [-0.3, -0.25) is 9.59 Å². The summed E-state index contributed by atoms with van der Waals surface area (Å²) in [6.45, 7) is 4.95. The Hall–Kier alpha value is -1.92. The number of aliphatic hydroxyl groups is 2. The van der Waals surface area contributed by atoms with Crippen molar-refractivity contribution in [2.24, 2.45) is 0 Å². The molecule has 6 nitrogen and oxygen atoms in total. The van der Waals surface area contributed by atoms with Gasteiger partial charge in [0.05, 0.1) is 25.4 Å². The quantitative estimate of drug-likeness (QED) is 0.0320. The Labute approximate surface area is 506 Å². The number of hydrogen-bond donors (Lipinski definition) is 3. The molecule has 0 heterocycles. The highest BCUT2D eigenvalue weighted by Gasteiger charge is 2.20. The number of ether oxygens (including phenoxy) is 1. The van der Waals surface area contributed by atoms with Gasteiger partial charge < -0.3 is 20.3 Å². The Morgan fingerprint density at radius 3 is 0.988 bits per heavy atom. The molecule has 2 atom stereocenters. The molecule has 0 bridgehead atoms. The molecular formula is C75H143NO5. The first-order valence-electron chi connectivity index (χ1n) is 36.7. The normalized spacial score (nSPS) is 12.7. The van der Waals surface area contributed by atoms with E-state index >= 15 is 0 Å². The van der Waals surface area contributed by atoms with E-state index in [1.807, 2.05) is 0 Å². The SMILES string of the molecule is CCCC/C=C\CCCCCCCC(=O)OCCCCCCCCCCC/C=C\C/C=C\CCCCCCCCCCCCCCCCCC(=O)NC(CO)C(O)CCCCCCCCCCCCCCCCCCCCCCCC. The number of rotatable bonds is 69. The highest BCUT2D eigenvalue weighted by atomic mass is 16.5. The molecule has 0 saturated carbocycles. The summed E-state index contributed by atoms with van der Waals surface area (Å²) in [5, 5.41) is 23.4. The van der Waals surface area contributed by atoms with Crippen molar-refractivity contribution in [1.29, 1.82) is 0 Å². The Balaban J connectivity index is 3.40. The smallest absolute Gasteiger partial charge is 0.305 e. The molecule has 0 aliphatic heterocycles. The second kappa shape index (κ2) is 70.6. The molecule has 478 valence electrons. The van der Waals surface area contributed by atoms with Crippen molar-refractivity contribution in [3.8, 4) is 0 Å². The predicted molar refractivity (Wildman–Crippen MR) is 356 cm³/mol. The predicted octanol–water partition coefficient (Wildman–Crippen LogP) is 23.9. The first-order chi connectivity index (χ1) is 40.0. The largest absolute Gasteiger partial charge is 0.466 e. The number of hydrogen-bond acceptors (Lipinski definition) is 5. The van der Waals surface area contributed by atoms with Gasteiger partial charge >= 0.3 is 5.97 Å². The zero-order chi connectivity index (χ0) is 58.5. The summed E-state index contributed by atoms with van der Waals surface area (Å²) in [7, 11) is 0. The van der Waals surface area contributed by atoms with Gasteiger partial charge in [0.25, 0.3) is 0 Å². The molecule has 0 aliphatic carbocycles. The fourth-order valence-electron chi connectivity index (χ4n) is 11.5. The molecule has 0 aromatic rings. The van der Waals surface area contributed by atoms with E-state index in [1.165, 1.54) is 321 Å². The molecule has 81 heavy (non-hydrogen) atoms. The molecule has 0 aliphatic rings. The van der Waals surface area contributed by atoms with Gasteiger partial charge in [0.15, 0.2) is 0 Å². The van der Waals surface area contributed by atoms with E-state index in [-0.39, 0.29) is 18.5 Å². The van der Waals surface area contributed by atoms with Gasteiger partial charge in [0, 0.05) is 12.8 Å². The zero-order valence-electron chi connectivity index (χ0n) is 54.8. The minimum absolute atomic E-state index is 0.00246. The van der Waals surface area contributed by atoms with Crippen LogP contribution in [0.25, 0.3) is 0 Å². The monoisotopic (exact) mass is 1140 g/mol. The summed E-state index contributed by atoms with van der Waals surface area (Å²) >= 11 is 0. The molecule has 0 rings (SSSR count). The third-order valence-corrected chi connectivity index (χ3v) is 17.2. The molecule has 3 N–H and O–H groups in total. The third kappa shape index (κ3) is 67.1. The minimum Gasteiger partial charge on any atom is -0.466 e. The Kier molecular flexibility index (Phi) is 68.9. The van der Waals surface area contributed by atoms with E-state index in [1.54, 1.807) is 0 Å². The molecule has 0 aromatic heterocycles. The van der Waals surface area contributed by atoms with Crippen molar-refractivity contribution in [1.82, 2.24) is 5.32 Å². The third-order valence-electron chi connectivity index (χ3n) is 17.2. The van der Waals surface area contributed by atoms with Crippen molar-refractivity contribution in [2.45, 2.75) is 418 Å². The van der Waals surface area contributed by atoms with Crippen LogP contribution >= 0.6 is 0 Å². The summed E-state index contributed by atoms with van der Waals surface area (Å²) in [5.41, 5.74) is 0. The highest BCUT2D eigenvalue weighted by Crippen LogP contribution is 2.19. The molecule has 2 unspecified atom stereocenters. The van der Waals surface area contributed by atoms with E-state index in [4.69, 9.17) is 4.74 Å². The van der Waals surface area contributed by atoms with Crippen LogP contribution in [0.1, 0.15) is 406 Å². The van der Waals surface area contributed by atoms with E-state index < -0.39 is 12.1 Å². The number of aliphatic hydroxyl groups excluding tert-OH is 2. The average molecular weight is 1140 g/mol. The van der Waals surface area contributed by atoms with E-state index in [2.05, 4.69) is 55.6 Å². The lowest BCUT2D eigenvalue weighted by Gasteiger charge is -2.22. The van der Waals surface area contributed by atoms with Crippen LogP contribution in [0.15, 0.2) is 36.5 Å². The maximum atomic E-state index is 12.6. The lowest BCUT2D eigenvalue weighted by molar-refractivity contribution is -0.143. The maximum Gasteiger partial charge on any atom is 0.305 e. The van der Waals surface area contributed by atoms with Crippen LogP contribution in [0.4, 0.5) is 0 Å². The highest BCUT2D eigenvalue weighted by molar-refractivity contribution is 5.76. The first kappa shape index (κ1) is 79.1. The van der Waals surface area contributed by atoms with E-state index in [0.717, 1.165) is 51.4 Å². The number of carbonyl (C=O) groups excluding carboxylic acids is 2. The molecule has 1 amide bonds. The van der Waals surface area contributed by atoms with Gasteiger partial charge in [-0.05, 0) is 77.0 Å². The average Bonchev–Trinajstić information content (AvgIpc) is 3.47. The van der Waals surface area contributed by atoms with Crippen molar-refractivity contribution >= 4 is 11.9 Å². The fraction of sp³-hybridized carbons (Fsp3) is 0.893. The summed E-state index contributed by atoms with van der Waals surface area (Å²) in [6, 6.07) is -0.542. The standard InChI is InChI=1S/C75H143NO5/c1-3-5-7-9-11-13-15-16-17-18-19-20-32-35-38-41-44-48-51-55-59-63-67-73(78)72(71-77)76-74(79)68-64-60-56-52-49-45-42-39-36-33-30-28-26-24-22-21-23-25-27-29-31-34-37-40-43-46-50-54-58-62-66-70-81-75(80)69-65-61-57-53-47-14-12-10-8-6-4-2/h10,12,23,25,29,31,72-73,77-78H,3-9,11,13-22,24,26-28,30,32-71H2,1-2H3,(H,76,79)/b12-10-,25-23-,31-29-. The van der Waals surface area contributed by atoms with E-state index in [9.17, 15) is 19.8 Å². The molecule has 0 radical (unpaired) electrons. The molecule has 0 aromatic carbocycles. The van der Waals surface area contributed by atoms with Crippen LogP contribution in [0.5, 0.6) is 0 Å². The number of carbonyl (C=O) groups is 2. The molecule has 0 saturated heterocycles. The number of unbranched alkanes of at least 4 members (excludes halogenated alkanes) is 52. The number of amides is 1. The Morgan fingerprint density at radius 2 is 0.630 bits per heavy atom. The van der Waals surface area contributed by atoms with Gasteiger partial charge in [-0.15, -0.1) is 0 Å². The van der Waals surface area contributed by atoms with Crippen molar-refractivity contribution < 1.29 is 24.5 Å². The van der Waals surface area contributed by atoms with Crippen LogP contribution in [-0.2, 0) is 14.3 Å². The fourth-order valence-corrected chi connectivity index (χ4v) is 11.5. The number of esters is 1. The summed E-state index contributed by atoms with van der Waals surface area (Å²) in [5.74, 6) is -0.0274. The van der Waals surface area contributed by atoms with Gasteiger partial charge in [-0.2, -0.15) is 0 Å². The van der Waals surface area contributed by atoms with E-state index in [0.29, 0.717) is 25.9 Å². The van der Waals surface area contributed by atoms with Crippen molar-refractivity contribution in [3.05, 3.63) is 36.5 Å². The van der Waals surface area contributed by atoms with Crippen molar-refractivity contribution in [3.63, 3.8) is 0 Å². The molecule has 6 heteroatoms. The second-order valence-corrected chi connectivity index (χ2v) is 25.3. The zero-order valence-corrected chi connectivity index (χ0v) is 54.8. The summed E-state index contributed by atoms with van der Waals surface area (Å²) in [6.07, 6.45) is 90.7. The lowest BCUT2D eigenvalue weighted by Crippen LogP contribution is -2.45. The van der Waals surface area contributed by atoms with Crippen LogP contribution in [0.2, 0.25) is 0 Å². The topological polar surface area (TPSA) is 95.9 Å². The minimum atomic E-state index is -0.665. The number of nitrogens with one attached hydrogen (secondary N) is 1. The van der Waals surface area contributed by atoms with Crippen LogP contribution < -0.4 is 5.32 Å². The van der Waals surface area contributed by atoms with Gasteiger partial charge in [-0.1, -0.05) is 352 Å². The second-order valence-electron chi connectivity index (χ2n) is 25.3.